The summed E-state index contributed by atoms with van der Waals surface area (Å²) in [4.78, 5) is 4.41. The largest absolute Gasteiger partial charge is 0.493 e. The highest BCUT2D eigenvalue weighted by atomic mass is 19.1. The Morgan fingerprint density at radius 1 is 1.04 bits per heavy atom. The van der Waals surface area contributed by atoms with Gasteiger partial charge >= 0.3 is 0 Å². The first-order valence-electron chi connectivity index (χ1n) is 8.89. The van der Waals surface area contributed by atoms with Crippen molar-refractivity contribution in [3.63, 3.8) is 0 Å². The van der Waals surface area contributed by atoms with Crippen molar-refractivity contribution in [1.29, 1.82) is 0 Å². The molecule has 27 heavy (non-hydrogen) atoms. The van der Waals surface area contributed by atoms with Crippen molar-refractivity contribution < 1.29 is 9.13 Å². The van der Waals surface area contributed by atoms with E-state index in [0.717, 1.165) is 10.9 Å². The lowest BCUT2D eigenvalue weighted by atomic mass is 10.1. The fourth-order valence-corrected chi connectivity index (χ4v) is 3.16. The SMILES string of the molecule is CCOc1ccccc1C=C(F)c1cc2ccccc2n1-c1ccccn1. The maximum atomic E-state index is 15.4. The quantitative estimate of drug-likeness (QED) is 0.445. The molecule has 0 spiro atoms. The molecular formula is C23H19FN2O. The first-order chi connectivity index (χ1) is 13.3. The molecule has 2 aromatic carbocycles. The molecule has 0 unspecified atom stereocenters. The van der Waals surface area contributed by atoms with E-state index in [9.17, 15) is 0 Å². The van der Waals surface area contributed by atoms with Crippen LogP contribution in [0.25, 0.3) is 28.6 Å². The molecule has 0 aliphatic rings. The molecule has 0 aliphatic carbocycles. The summed E-state index contributed by atoms with van der Waals surface area (Å²) in [5, 5.41) is 0.958. The predicted molar refractivity (Wildman–Crippen MR) is 108 cm³/mol. The summed E-state index contributed by atoms with van der Waals surface area (Å²) in [6, 6.07) is 22.7. The highest BCUT2D eigenvalue weighted by molar-refractivity contribution is 5.89. The predicted octanol–water partition coefficient (Wildman–Crippen LogP) is 5.89. The van der Waals surface area contributed by atoms with E-state index < -0.39 is 0 Å². The van der Waals surface area contributed by atoms with Gasteiger partial charge in [-0.15, -0.1) is 0 Å². The number of hydrogen-bond acceptors (Lipinski definition) is 2. The van der Waals surface area contributed by atoms with Gasteiger partial charge in [0.25, 0.3) is 0 Å². The third-order valence-electron chi connectivity index (χ3n) is 4.33. The summed E-state index contributed by atoms with van der Waals surface area (Å²) in [6.07, 6.45) is 3.22. The fraction of sp³-hybridized carbons (Fsp3) is 0.0870. The Morgan fingerprint density at radius 2 is 1.81 bits per heavy atom. The number of halogens is 1. The van der Waals surface area contributed by atoms with Gasteiger partial charge in [-0.2, -0.15) is 0 Å². The molecule has 0 radical (unpaired) electrons. The average molecular weight is 358 g/mol. The van der Waals surface area contributed by atoms with Crippen molar-refractivity contribution in [2.75, 3.05) is 6.61 Å². The Hall–Kier alpha value is -3.40. The summed E-state index contributed by atoms with van der Waals surface area (Å²) in [6.45, 7) is 2.44. The van der Waals surface area contributed by atoms with Gasteiger partial charge in [-0.3, -0.25) is 4.57 Å². The molecule has 134 valence electrons. The van der Waals surface area contributed by atoms with Crippen LogP contribution in [-0.4, -0.2) is 16.2 Å². The molecular weight excluding hydrogens is 339 g/mol. The van der Waals surface area contributed by atoms with Crippen molar-refractivity contribution in [1.82, 2.24) is 9.55 Å². The number of para-hydroxylation sites is 2. The fourth-order valence-electron chi connectivity index (χ4n) is 3.16. The van der Waals surface area contributed by atoms with Crippen molar-refractivity contribution in [2.45, 2.75) is 6.92 Å². The topological polar surface area (TPSA) is 27.1 Å². The van der Waals surface area contributed by atoms with Crippen LogP contribution in [0.5, 0.6) is 5.75 Å². The van der Waals surface area contributed by atoms with E-state index in [2.05, 4.69) is 4.98 Å². The standard InChI is InChI=1S/C23H19FN2O/c1-2-27-22-12-6-4-10-18(22)15-19(24)21-16-17-9-3-5-11-20(17)26(21)23-13-7-8-14-25-23/h3-16H,2H2,1H3. The van der Waals surface area contributed by atoms with Crippen molar-refractivity contribution >= 4 is 22.8 Å². The highest BCUT2D eigenvalue weighted by Gasteiger charge is 2.15. The molecule has 2 aromatic heterocycles. The number of benzene rings is 2. The second-order valence-corrected chi connectivity index (χ2v) is 6.07. The smallest absolute Gasteiger partial charge is 0.148 e. The summed E-state index contributed by atoms with van der Waals surface area (Å²) in [5.41, 5.74) is 2.07. The van der Waals surface area contributed by atoms with Crippen LogP contribution in [0, 0.1) is 0 Å². The van der Waals surface area contributed by atoms with Crippen LogP contribution in [0.2, 0.25) is 0 Å². The first-order valence-corrected chi connectivity index (χ1v) is 8.89. The molecule has 0 aliphatic heterocycles. The Balaban J connectivity index is 1.89. The zero-order valence-electron chi connectivity index (χ0n) is 15.0. The third kappa shape index (κ3) is 3.34. The Labute approximate surface area is 157 Å². The third-order valence-corrected chi connectivity index (χ3v) is 4.33. The van der Waals surface area contributed by atoms with Gasteiger partial charge in [-0.25, -0.2) is 9.37 Å². The zero-order valence-corrected chi connectivity index (χ0v) is 15.0. The summed E-state index contributed by atoms with van der Waals surface area (Å²) < 4.78 is 22.8. The number of fused-ring (bicyclic) bond motifs is 1. The second kappa shape index (κ2) is 7.46. The van der Waals surface area contributed by atoms with E-state index in [4.69, 9.17) is 4.74 Å². The van der Waals surface area contributed by atoms with Gasteiger partial charge < -0.3 is 4.74 Å². The van der Waals surface area contributed by atoms with Gasteiger partial charge in [0, 0.05) is 17.1 Å². The van der Waals surface area contributed by atoms with Gasteiger partial charge in [0.2, 0.25) is 0 Å². The number of ether oxygens (including phenoxy) is 1. The minimum atomic E-state index is -0.344. The number of rotatable bonds is 5. The molecule has 4 heteroatoms. The normalized spacial score (nSPS) is 11.7. The lowest BCUT2D eigenvalue weighted by Gasteiger charge is -2.10. The van der Waals surface area contributed by atoms with Crippen LogP contribution in [0.3, 0.4) is 0 Å². The molecule has 4 aromatic rings. The van der Waals surface area contributed by atoms with Crippen LogP contribution in [-0.2, 0) is 0 Å². The van der Waals surface area contributed by atoms with Crippen molar-refractivity contribution in [3.8, 4) is 11.6 Å². The summed E-state index contributed by atoms with van der Waals surface area (Å²) in [7, 11) is 0. The van der Waals surface area contributed by atoms with E-state index >= 15 is 4.39 Å². The highest BCUT2D eigenvalue weighted by Crippen LogP contribution is 2.31. The van der Waals surface area contributed by atoms with Crippen LogP contribution in [0.4, 0.5) is 4.39 Å². The minimum absolute atomic E-state index is 0.344. The van der Waals surface area contributed by atoms with Gasteiger partial charge in [-0.05, 0) is 43.3 Å². The van der Waals surface area contributed by atoms with Crippen molar-refractivity contribution in [3.05, 3.63) is 90.3 Å². The van der Waals surface area contributed by atoms with Crippen LogP contribution >= 0.6 is 0 Å². The maximum absolute atomic E-state index is 15.4. The van der Waals surface area contributed by atoms with E-state index in [1.54, 1.807) is 6.20 Å². The van der Waals surface area contributed by atoms with Crippen molar-refractivity contribution in [2.24, 2.45) is 0 Å². The van der Waals surface area contributed by atoms with Gasteiger partial charge in [0.15, 0.2) is 0 Å². The Morgan fingerprint density at radius 3 is 2.63 bits per heavy atom. The van der Waals surface area contributed by atoms with Crippen LogP contribution in [0.1, 0.15) is 18.2 Å². The Bertz CT molecular complexity index is 1100. The molecule has 0 atom stereocenters. The number of hydrogen-bond donors (Lipinski definition) is 0. The first kappa shape index (κ1) is 17.0. The average Bonchev–Trinajstić information content (AvgIpc) is 3.10. The Kier molecular flexibility index (Phi) is 4.71. The van der Waals surface area contributed by atoms with E-state index in [0.29, 0.717) is 29.4 Å². The van der Waals surface area contributed by atoms with Gasteiger partial charge in [-0.1, -0.05) is 42.5 Å². The van der Waals surface area contributed by atoms with Gasteiger partial charge in [0.05, 0.1) is 17.8 Å². The number of aromatic nitrogens is 2. The van der Waals surface area contributed by atoms with Crippen LogP contribution < -0.4 is 4.74 Å². The lowest BCUT2D eigenvalue weighted by molar-refractivity contribution is 0.339. The summed E-state index contributed by atoms with van der Waals surface area (Å²) in [5.74, 6) is 0.995. The van der Waals surface area contributed by atoms with Crippen LogP contribution in [0.15, 0.2) is 79.0 Å². The molecule has 2 heterocycles. The molecule has 3 nitrogen and oxygen atoms in total. The molecule has 0 N–H and O–H groups in total. The molecule has 0 bridgehead atoms. The lowest BCUT2D eigenvalue weighted by Crippen LogP contribution is -2.00. The van der Waals surface area contributed by atoms with Gasteiger partial charge in [0.1, 0.15) is 17.4 Å². The van der Waals surface area contributed by atoms with E-state index in [1.807, 2.05) is 84.3 Å². The maximum Gasteiger partial charge on any atom is 0.148 e. The van der Waals surface area contributed by atoms with E-state index in [-0.39, 0.29) is 5.83 Å². The molecule has 0 saturated heterocycles. The molecule has 0 fully saturated rings. The molecule has 4 rings (SSSR count). The number of pyridine rings is 1. The summed E-state index contributed by atoms with van der Waals surface area (Å²) >= 11 is 0. The monoisotopic (exact) mass is 358 g/mol. The molecule has 0 amide bonds. The number of nitrogens with zero attached hydrogens (tertiary/aromatic N) is 2. The minimum Gasteiger partial charge on any atom is -0.493 e. The van der Waals surface area contributed by atoms with E-state index in [1.165, 1.54) is 6.08 Å². The molecule has 0 saturated carbocycles. The second-order valence-electron chi connectivity index (χ2n) is 6.07. The zero-order chi connectivity index (χ0) is 18.6.